The van der Waals surface area contributed by atoms with Gasteiger partial charge in [-0.1, -0.05) is 55.8 Å². The Labute approximate surface area is 172 Å². The molecule has 3 aromatic carbocycles. The first-order valence-corrected chi connectivity index (χ1v) is 9.95. The molecule has 3 N–H and O–H groups in total. The third-order valence-electron chi connectivity index (χ3n) is 5.64. The quantitative estimate of drug-likeness (QED) is 0.352. The monoisotopic (exact) mass is 388 g/mol. The second-order valence-electron chi connectivity index (χ2n) is 7.60. The minimum absolute atomic E-state index is 0.214. The normalized spacial score (nSPS) is 13.0. The summed E-state index contributed by atoms with van der Waals surface area (Å²) in [4.78, 5) is 0. The molecule has 3 nitrogen and oxygen atoms in total. The molecule has 0 aromatic heterocycles. The van der Waals surface area contributed by atoms with Crippen LogP contribution in [-0.4, -0.2) is 15.3 Å². The van der Waals surface area contributed by atoms with E-state index in [1.54, 1.807) is 30.3 Å². The molecule has 29 heavy (non-hydrogen) atoms. The lowest BCUT2D eigenvalue weighted by Crippen LogP contribution is -2.25. The number of aryl methyl sites for hydroxylation is 1. The van der Waals surface area contributed by atoms with Gasteiger partial charge in [0.2, 0.25) is 0 Å². The summed E-state index contributed by atoms with van der Waals surface area (Å²) in [6, 6.07) is 18.6. The van der Waals surface area contributed by atoms with E-state index in [9.17, 15) is 15.3 Å². The van der Waals surface area contributed by atoms with Gasteiger partial charge in [0.1, 0.15) is 17.2 Å². The number of allylic oxidation sites excluding steroid dienone is 1. The van der Waals surface area contributed by atoms with Crippen molar-refractivity contribution >= 4 is 0 Å². The van der Waals surface area contributed by atoms with Crippen LogP contribution in [0.25, 0.3) is 0 Å². The van der Waals surface area contributed by atoms with E-state index in [-0.39, 0.29) is 11.5 Å². The molecule has 0 amide bonds. The summed E-state index contributed by atoms with van der Waals surface area (Å²) in [6.07, 6.45) is 4.08. The van der Waals surface area contributed by atoms with E-state index in [0.717, 1.165) is 40.7 Å². The molecular weight excluding hydrogens is 360 g/mol. The summed E-state index contributed by atoms with van der Waals surface area (Å²) in [6.45, 7) is 8.01. The molecule has 0 heterocycles. The van der Waals surface area contributed by atoms with Crippen LogP contribution in [0.4, 0.5) is 0 Å². The lowest BCUT2D eigenvalue weighted by molar-refractivity contribution is 0.466. The lowest BCUT2D eigenvalue weighted by Gasteiger charge is -2.33. The van der Waals surface area contributed by atoms with Crippen LogP contribution in [0.15, 0.2) is 73.3 Å². The van der Waals surface area contributed by atoms with E-state index < -0.39 is 5.41 Å². The molecule has 0 aliphatic rings. The summed E-state index contributed by atoms with van der Waals surface area (Å²) in [7, 11) is 0. The highest BCUT2D eigenvalue weighted by atomic mass is 16.3. The van der Waals surface area contributed by atoms with Crippen LogP contribution in [0.1, 0.15) is 48.1 Å². The molecule has 0 bridgehead atoms. The molecule has 0 radical (unpaired) electrons. The zero-order chi connectivity index (χ0) is 21.0. The highest BCUT2D eigenvalue weighted by molar-refractivity contribution is 5.54. The molecule has 1 unspecified atom stereocenters. The van der Waals surface area contributed by atoms with E-state index in [1.807, 2.05) is 30.3 Å². The number of hydrogen-bond acceptors (Lipinski definition) is 3. The number of aromatic hydroxyl groups is 3. The Morgan fingerprint density at radius 1 is 0.793 bits per heavy atom. The summed E-state index contributed by atoms with van der Waals surface area (Å²) in [5.74, 6) is 0.771. The number of rotatable bonds is 7. The first kappa shape index (κ1) is 20.5. The second kappa shape index (κ2) is 8.44. The van der Waals surface area contributed by atoms with Crippen LogP contribution in [0.2, 0.25) is 0 Å². The number of hydrogen-bond donors (Lipinski definition) is 3. The predicted molar refractivity (Wildman–Crippen MR) is 118 cm³/mol. The SMILES string of the molecule is C=CCc1cc(C(C)(c2ccc(O)cc2)c2ccc(O)c(CCC)c2)ccc1O. The molecule has 0 aliphatic heterocycles. The molecule has 3 rings (SSSR count). The number of phenols is 3. The number of phenolic OH excluding ortho intramolecular Hbond substituents is 3. The molecule has 3 aromatic rings. The molecule has 0 saturated heterocycles. The summed E-state index contributed by atoms with van der Waals surface area (Å²) in [5, 5.41) is 30.3. The first-order valence-electron chi connectivity index (χ1n) is 9.95. The van der Waals surface area contributed by atoms with Gasteiger partial charge in [0, 0.05) is 5.41 Å². The zero-order valence-electron chi connectivity index (χ0n) is 17.0. The molecule has 0 fully saturated rings. The Balaban J connectivity index is 2.26. The van der Waals surface area contributed by atoms with Crippen molar-refractivity contribution in [1.82, 2.24) is 0 Å². The molecule has 0 spiro atoms. The smallest absolute Gasteiger partial charge is 0.119 e. The van der Waals surface area contributed by atoms with Crippen LogP contribution < -0.4 is 0 Å². The van der Waals surface area contributed by atoms with Gasteiger partial charge < -0.3 is 15.3 Å². The fraction of sp³-hybridized carbons (Fsp3) is 0.231. The van der Waals surface area contributed by atoms with Gasteiger partial charge in [-0.15, -0.1) is 6.58 Å². The Kier molecular flexibility index (Phi) is 5.97. The average molecular weight is 389 g/mol. The van der Waals surface area contributed by atoms with Crippen molar-refractivity contribution < 1.29 is 15.3 Å². The van der Waals surface area contributed by atoms with Crippen molar-refractivity contribution in [3.8, 4) is 17.2 Å². The Bertz CT molecular complexity index is 1000. The molecule has 3 heteroatoms. The summed E-state index contributed by atoms with van der Waals surface area (Å²) < 4.78 is 0. The largest absolute Gasteiger partial charge is 0.508 e. The average Bonchev–Trinajstić information content (AvgIpc) is 2.71. The van der Waals surface area contributed by atoms with Crippen LogP contribution in [-0.2, 0) is 18.3 Å². The van der Waals surface area contributed by atoms with Crippen LogP contribution >= 0.6 is 0 Å². The van der Waals surface area contributed by atoms with Gasteiger partial charge in [0.05, 0.1) is 0 Å². The summed E-state index contributed by atoms with van der Waals surface area (Å²) in [5.41, 5.74) is 4.27. The van der Waals surface area contributed by atoms with E-state index >= 15 is 0 Å². The van der Waals surface area contributed by atoms with E-state index in [1.165, 1.54) is 0 Å². The fourth-order valence-corrected chi connectivity index (χ4v) is 3.88. The van der Waals surface area contributed by atoms with Gasteiger partial charge in [-0.05, 0) is 71.8 Å². The van der Waals surface area contributed by atoms with Gasteiger partial charge in [-0.25, -0.2) is 0 Å². The van der Waals surface area contributed by atoms with Gasteiger partial charge >= 0.3 is 0 Å². The van der Waals surface area contributed by atoms with E-state index in [0.29, 0.717) is 12.2 Å². The van der Waals surface area contributed by atoms with Gasteiger partial charge in [0.15, 0.2) is 0 Å². The maximum Gasteiger partial charge on any atom is 0.119 e. The third kappa shape index (κ3) is 4.00. The second-order valence-corrected chi connectivity index (χ2v) is 7.60. The molecule has 1 atom stereocenters. The Morgan fingerprint density at radius 3 is 1.86 bits per heavy atom. The lowest BCUT2D eigenvalue weighted by atomic mass is 9.70. The first-order chi connectivity index (χ1) is 13.9. The van der Waals surface area contributed by atoms with Crippen molar-refractivity contribution in [3.63, 3.8) is 0 Å². The summed E-state index contributed by atoms with van der Waals surface area (Å²) >= 11 is 0. The van der Waals surface area contributed by atoms with Crippen LogP contribution in [0.5, 0.6) is 17.2 Å². The van der Waals surface area contributed by atoms with Crippen LogP contribution in [0, 0.1) is 0 Å². The highest BCUT2D eigenvalue weighted by Gasteiger charge is 2.32. The van der Waals surface area contributed by atoms with Gasteiger partial charge in [-0.3, -0.25) is 0 Å². The molecule has 150 valence electrons. The Hall–Kier alpha value is -3.20. The predicted octanol–water partition coefficient (Wildman–Crippen LogP) is 5.84. The molecule has 0 aliphatic carbocycles. The maximum absolute atomic E-state index is 10.3. The van der Waals surface area contributed by atoms with Crippen molar-refractivity contribution in [3.05, 3.63) is 101 Å². The van der Waals surface area contributed by atoms with Gasteiger partial charge in [0.25, 0.3) is 0 Å². The molecule has 0 saturated carbocycles. The third-order valence-corrected chi connectivity index (χ3v) is 5.64. The van der Waals surface area contributed by atoms with Crippen molar-refractivity contribution in [2.24, 2.45) is 0 Å². The van der Waals surface area contributed by atoms with Crippen molar-refractivity contribution in [2.75, 3.05) is 0 Å². The fourth-order valence-electron chi connectivity index (χ4n) is 3.88. The van der Waals surface area contributed by atoms with Crippen molar-refractivity contribution in [2.45, 2.75) is 38.5 Å². The van der Waals surface area contributed by atoms with Gasteiger partial charge in [-0.2, -0.15) is 0 Å². The minimum Gasteiger partial charge on any atom is -0.508 e. The minimum atomic E-state index is -0.534. The zero-order valence-corrected chi connectivity index (χ0v) is 17.0. The van der Waals surface area contributed by atoms with Crippen molar-refractivity contribution in [1.29, 1.82) is 0 Å². The van der Waals surface area contributed by atoms with E-state index in [2.05, 4.69) is 26.5 Å². The van der Waals surface area contributed by atoms with E-state index in [4.69, 9.17) is 0 Å². The molecular formula is C26H28O3. The maximum atomic E-state index is 10.3. The number of benzene rings is 3. The standard InChI is InChI=1S/C26H28O3/c1-4-6-18-16-21(10-14-24(18)28)26(3,20-8-12-23(27)13-9-20)22-11-15-25(29)19(17-22)7-5-2/h4,8-17,27-29H,1,5-7H2,2-3H3. The highest BCUT2D eigenvalue weighted by Crippen LogP contribution is 2.42. The topological polar surface area (TPSA) is 60.7 Å². The van der Waals surface area contributed by atoms with Crippen LogP contribution in [0.3, 0.4) is 0 Å². The Morgan fingerprint density at radius 2 is 1.31 bits per heavy atom.